The molecule has 1 aromatic rings. The molecule has 3 heteroatoms. The average Bonchev–Trinajstić information content (AvgIpc) is 1.76. The molecule has 1 nitrogen and oxygen atoms in total. The van der Waals surface area contributed by atoms with Crippen LogP contribution in [0.15, 0.2) is 11.6 Å². The van der Waals surface area contributed by atoms with Crippen molar-refractivity contribution in [3.63, 3.8) is 0 Å². The Bertz CT molecular complexity index is 67.3. The van der Waals surface area contributed by atoms with Crippen LogP contribution in [0.1, 0.15) is 0 Å². The van der Waals surface area contributed by atoms with E-state index in [0.717, 1.165) is 0 Å². The first-order valence-corrected chi connectivity index (χ1v) is 2.19. The van der Waals surface area contributed by atoms with E-state index in [9.17, 15) is 0 Å². The Labute approximate surface area is 52.6 Å². The fourth-order valence-corrected chi connectivity index (χ4v) is 0.510. The second-order valence-corrected chi connectivity index (χ2v) is 1.38. The number of thiazole rings is 1. The van der Waals surface area contributed by atoms with Gasteiger partial charge in [0, 0.05) is 6.20 Å². The van der Waals surface area contributed by atoms with Gasteiger partial charge in [-0.25, -0.2) is 11.3 Å². The topological polar surface area (TPSA) is 14.1 Å². The summed E-state index contributed by atoms with van der Waals surface area (Å²) in [4.78, 5) is 2.75. The summed E-state index contributed by atoms with van der Waals surface area (Å²) in [6.07, 6.45) is 1.84. The fourth-order valence-electron chi connectivity index (χ4n) is 0.170. The Morgan fingerprint density at radius 2 is 2.50 bits per heavy atom. The van der Waals surface area contributed by atoms with Crippen molar-refractivity contribution in [3.05, 3.63) is 17.1 Å². The van der Waals surface area contributed by atoms with Crippen LogP contribution in [0, 0.1) is 5.51 Å². The standard InChI is InChI=1S/C3H3NS.Li/c1-2-5-3-4-1;/h1-2,4H;/q;+1. The molecule has 0 atom stereocenters. The van der Waals surface area contributed by atoms with Gasteiger partial charge in [0.25, 0.3) is 0 Å². The van der Waals surface area contributed by atoms with E-state index in [1.54, 1.807) is 0 Å². The number of hydrogen-bond donors (Lipinski definition) is 0. The maximum atomic E-state index is 2.78. The van der Waals surface area contributed by atoms with Crippen LogP contribution < -0.4 is 23.8 Å². The van der Waals surface area contributed by atoms with Crippen molar-refractivity contribution in [1.29, 1.82) is 0 Å². The van der Waals surface area contributed by atoms with Crippen LogP contribution in [0.4, 0.5) is 0 Å². The number of nitrogens with one attached hydrogen (secondary N) is 1. The van der Waals surface area contributed by atoms with Crippen molar-refractivity contribution in [2.45, 2.75) is 0 Å². The average molecular weight is 92.1 g/mol. The SMILES string of the molecule is [Li+].[c-]1[nH+]ccs1. The third kappa shape index (κ3) is 1.61. The smallest absolute Gasteiger partial charge is 0.323 e. The number of aromatic amines is 1. The van der Waals surface area contributed by atoms with E-state index >= 15 is 0 Å². The molecule has 0 saturated carbocycles. The monoisotopic (exact) mass is 92.0 g/mol. The predicted octanol–water partition coefficient (Wildman–Crippen LogP) is -2.63. The maximum absolute atomic E-state index is 2.78. The largest absolute Gasteiger partial charge is 1.00 e. The molecule has 0 aromatic carbocycles. The summed E-state index contributed by atoms with van der Waals surface area (Å²) in [5.41, 5.74) is 2.78. The summed E-state index contributed by atoms with van der Waals surface area (Å²) < 4.78 is 0. The zero-order valence-electron chi connectivity index (χ0n) is 3.56. The van der Waals surface area contributed by atoms with E-state index in [2.05, 4.69) is 10.5 Å². The first-order chi connectivity index (χ1) is 2.50. The molecule has 1 rings (SSSR count). The normalized spacial score (nSPS) is 6.67. The van der Waals surface area contributed by atoms with Crippen molar-refractivity contribution in [1.82, 2.24) is 0 Å². The first kappa shape index (κ1) is 6.23. The molecule has 1 heterocycles. The second kappa shape index (κ2) is 3.42. The quantitative estimate of drug-likeness (QED) is 0.245. The number of aromatic nitrogens is 1. The van der Waals surface area contributed by atoms with E-state index in [1.807, 2.05) is 11.6 Å². The molecule has 0 aliphatic rings. The second-order valence-electron chi connectivity index (χ2n) is 0.667. The van der Waals surface area contributed by atoms with Gasteiger partial charge in [0.2, 0.25) is 0 Å². The minimum atomic E-state index is 0. The van der Waals surface area contributed by atoms with Crippen LogP contribution in [-0.2, 0) is 0 Å². The molecule has 0 amide bonds. The summed E-state index contributed by atoms with van der Waals surface area (Å²) in [6.45, 7) is 0. The fraction of sp³-hybridized carbons (Fsp3) is 0. The number of hydrogen-bond acceptors (Lipinski definition) is 1. The van der Waals surface area contributed by atoms with Gasteiger partial charge in [-0.3, -0.25) is 0 Å². The minimum absolute atomic E-state index is 0. The first-order valence-electron chi connectivity index (χ1n) is 1.31. The molecule has 0 radical (unpaired) electrons. The zero-order valence-corrected chi connectivity index (χ0v) is 4.38. The Morgan fingerprint density at radius 1 is 1.67 bits per heavy atom. The van der Waals surface area contributed by atoms with Crippen LogP contribution in [0.25, 0.3) is 0 Å². The molecule has 26 valence electrons. The van der Waals surface area contributed by atoms with Crippen molar-refractivity contribution < 1.29 is 23.8 Å². The van der Waals surface area contributed by atoms with E-state index in [-0.39, 0.29) is 18.9 Å². The van der Waals surface area contributed by atoms with Crippen LogP contribution in [-0.4, -0.2) is 0 Å². The van der Waals surface area contributed by atoms with Gasteiger partial charge in [-0.2, -0.15) is 0 Å². The Hall–Kier alpha value is 0.227. The van der Waals surface area contributed by atoms with E-state index < -0.39 is 0 Å². The van der Waals surface area contributed by atoms with Gasteiger partial charge in [-0.1, -0.05) is 5.38 Å². The van der Waals surface area contributed by atoms with Crippen molar-refractivity contribution in [2.24, 2.45) is 0 Å². The van der Waals surface area contributed by atoms with Crippen molar-refractivity contribution >= 4 is 11.3 Å². The molecule has 0 aliphatic heterocycles. The van der Waals surface area contributed by atoms with Crippen LogP contribution >= 0.6 is 11.3 Å². The molecular weight excluding hydrogens is 89.0 g/mol. The summed E-state index contributed by atoms with van der Waals surface area (Å²) in [7, 11) is 0. The summed E-state index contributed by atoms with van der Waals surface area (Å²) in [5.74, 6) is 0. The molecule has 0 unspecified atom stereocenters. The third-order valence-corrected chi connectivity index (χ3v) is 0.845. The van der Waals surface area contributed by atoms with Crippen LogP contribution in [0.3, 0.4) is 0 Å². The Morgan fingerprint density at radius 3 is 2.67 bits per heavy atom. The maximum Gasteiger partial charge on any atom is 1.00 e. The molecule has 0 spiro atoms. The molecule has 1 N–H and O–H groups in total. The Balaban J connectivity index is 0.000000250. The molecule has 1 aromatic heterocycles. The van der Waals surface area contributed by atoms with Gasteiger partial charge < -0.3 is 4.98 Å². The zero-order chi connectivity index (χ0) is 3.54. The van der Waals surface area contributed by atoms with Gasteiger partial charge >= 0.3 is 18.9 Å². The van der Waals surface area contributed by atoms with E-state index in [0.29, 0.717) is 0 Å². The number of H-pyrrole nitrogens is 1. The molecule has 0 bridgehead atoms. The van der Waals surface area contributed by atoms with Gasteiger partial charge in [0.15, 0.2) is 5.51 Å². The molecule has 0 aliphatic carbocycles. The third-order valence-electron chi connectivity index (χ3n) is 0.337. The predicted molar refractivity (Wildman–Crippen MR) is 19.7 cm³/mol. The minimum Gasteiger partial charge on any atom is -0.323 e. The summed E-state index contributed by atoms with van der Waals surface area (Å²) >= 11 is 1.53. The number of rotatable bonds is 0. The molecule has 0 fully saturated rings. The van der Waals surface area contributed by atoms with E-state index in [4.69, 9.17) is 0 Å². The van der Waals surface area contributed by atoms with E-state index in [1.165, 1.54) is 11.3 Å². The van der Waals surface area contributed by atoms with Gasteiger partial charge in [-0.05, 0) is 0 Å². The molecular formula is C3H3LiNS+. The van der Waals surface area contributed by atoms with Gasteiger partial charge in [0.05, 0.1) is 0 Å². The summed E-state index contributed by atoms with van der Waals surface area (Å²) in [5, 5.41) is 1.93. The van der Waals surface area contributed by atoms with Crippen LogP contribution in [0.2, 0.25) is 0 Å². The van der Waals surface area contributed by atoms with Crippen molar-refractivity contribution in [2.75, 3.05) is 0 Å². The Kier molecular flexibility index (Phi) is 3.55. The van der Waals surface area contributed by atoms with Crippen LogP contribution in [0.5, 0.6) is 0 Å². The molecule has 6 heavy (non-hydrogen) atoms. The summed E-state index contributed by atoms with van der Waals surface area (Å²) in [6, 6.07) is 0. The van der Waals surface area contributed by atoms with Gasteiger partial charge in [-0.15, -0.1) is 0 Å². The van der Waals surface area contributed by atoms with Crippen molar-refractivity contribution in [3.8, 4) is 0 Å². The van der Waals surface area contributed by atoms with Gasteiger partial charge in [0.1, 0.15) is 0 Å². The molecule has 0 saturated heterocycles.